The Morgan fingerprint density at radius 1 is 1.04 bits per heavy atom. The third-order valence-electron chi connectivity index (χ3n) is 8.43. The summed E-state index contributed by atoms with van der Waals surface area (Å²) in [7, 11) is 0. The standard InChI is InChI=1S/C31H19BrF7N5O3/c32-21-9-16(44-28(46)17-3-1-2-4-18(17)29(44)47)11-40-25(21)22(7-13-5-14(33)8-15(34)6-13)41-23(45)12-43-27-24(26(42-43)31(37,38)39)19-10-20(19)30(27,35)36/h1-6,8-9,11,19-20,22H,7,10,12H2,(H,41,45)/t19-,20+,22-/m0/s1. The number of aromatic nitrogens is 3. The zero-order valence-corrected chi connectivity index (χ0v) is 25.2. The Balaban J connectivity index is 1.21. The molecule has 3 amide bonds. The molecule has 0 radical (unpaired) electrons. The maximum atomic E-state index is 15.0. The highest BCUT2D eigenvalue weighted by atomic mass is 79.9. The molecule has 3 aliphatic rings. The molecule has 3 atom stereocenters. The van der Waals surface area contributed by atoms with Crippen molar-refractivity contribution < 1.29 is 45.1 Å². The van der Waals surface area contributed by atoms with Crippen LogP contribution in [0.3, 0.4) is 0 Å². The summed E-state index contributed by atoms with van der Waals surface area (Å²) >= 11 is 3.31. The minimum atomic E-state index is -5.03. The molecule has 1 saturated carbocycles. The van der Waals surface area contributed by atoms with Gasteiger partial charge in [0.15, 0.2) is 5.69 Å². The first-order valence-electron chi connectivity index (χ1n) is 14.1. The molecule has 1 aliphatic heterocycles. The molecule has 8 nitrogen and oxygen atoms in total. The molecule has 4 aromatic rings. The first-order chi connectivity index (χ1) is 22.1. The Morgan fingerprint density at radius 2 is 1.68 bits per heavy atom. The van der Waals surface area contributed by atoms with Gasteiger partial charge in [0.05, 0.1) is 34.7 Å². The number of fused-ring (bicyclic) bond motifs is 4. The highest BCUT2D eigenvalue weighted by Crippen LogP contribution is 2.68. The summed E-state index contributed by atoms with van der Waals surface area (Å²) in [6, 6.07) is 8.91. The van der Waals surface area contributed by atoms with Gasteiger partial charge in [-0.1, -0.05) is 12.1 Å². The van der Waals surface area contributed by atoms with Crippen LogP contribution in [0, 0.1) is 17.6 Å². The van der Waals surface area contributed by atoms with E-state index in [0.717, 1.165) is 23.2 Å². The fourth-order valence-electron chi connectivity index (χ4n) is 6.39. The second kappa shape index (κ2) is 10.7. The maximum Gasteiger partial charge on any atom is 0.435 e. The van der Waals surface area contributed by atoms with Crippen LogP contribution >= 0.6 is 15.9 Å². The van der Waals surface area contributed by atoms with Gasteiger partial charge in [-0.3, -0.25) is 24.0 Å². The molecule has 0 unspecified atom stereocenters. The average Bonchev–Trinajstić information content (AvgIpc) is 3.56. The monoisotopic (exact) mass is 721 g/mol. The number of pyridine rings is 1. The third kappa shape index (κ3) is 5.18. The minimum absolute atomic E-state index is 0.0385. The van der Waals surface area contributed by atoms with Crippen molar-refractivity contribution in [2.24, 2.45) is 5.92 Å². The predicted molar refractivity (Wildman–Crippen MR) is 152 cm³/mol. The van der Waals surface area contributed by atoms with Crippen LogP contribution in [0.25, 0.3) is 0 Å². The zero-order valence-electron chi connectivity index (χ0n) is 23.6. The van der Waals surface area contributed by atoms with Gasteiger partial charge in [0.25, 0.3) is 17.7 Å². The van der Waals surface area contributed by atoms with Crippen molar-refractivity contribution in [3.63, 3.8) is 0 Å². The fourth-order valence-corrected chi connectivity index (χ4v) is 7.00. The lowest BCUT2D eigenvalue weighted by molar-refractivity contribution is -0.142. The number of halogens is 8. The van der Waals surface area contributed by atoms with Gasteiger partial charge in [-0.2, -0.15) is 27.1 Å². The smallest absolute Gasteiger partial charge is 0.346 e. The summed E-state index contributed by atoms with van der Waals surface area (Å²) in [5.74, 6) is -10.0. The van der Waals surface area contributed by atoms with E-state index >= 15 is 8.78 Å². The van der Waals surface area contributed by atoms with E-state index in [1.807, 2.05) is 0 Å². The molecule has 0 bridgehead atoms. The molecule has 1 fully saturated rings. The van der Waals surface area contributed by atoms with E-state index in [2.05, 4.69) is 31.3 Å². The first-order valence-corrected chi connectivity index (χ1v) is 14.9. The van der Waals surface area contributed by atoms with Crippen molar-refractivity contribution in [3.8, 4) is 0 Å². The number of nitrogens with one attached hydrogen (secondary N) is 1. The number of rotatable bonds is 7. The van der Waals surface area contributed by atoms with Crippen LogP contribution < -0.4 is 10.2 Å². The summed E-state index contributed by atoms with van der Waals surface area (Å²) in [6.45, 7) is -1.02. The molecule has 1 N–H and O–H groups in total. The molecule has 7 rings (SSSR count). The average molecular weight is 722 g/mol. The number of benzene rings is 2. The van der Waals surface area contributed by atoms with Crippen molar-refractivity contribution in [1.29, 1.82) is 0 Å². The van der Waals surface area contributed by atoms with Crippen LogP contribution in [0.4, 0.5) is 36.4 Å². The van der Waals surface area contributed by atoms with E-state index < -0.39 is 82.8 Å². The number of amides is 3. The lowest BCUT2D eigenvalue weighted by atomic mass is 10.0. The van der Waals surface area contributed by atoms with E-state index in [1.165, 1.54) is 18.2 Å². The Hall–Kier alpha value is -4.60. The van der Waals surface area contributed by atoms with Gasteiger partial charge >= 0.3 is 6.18 Å². The normalized spacial score (nSPS) is 19.8. The summed E-state index contributed by atoms with van der Waals surface area (Å²) in [6.07, 6.45) is -4.29. The summed E-state index contributed by atoms with van der Waals surface area (Å²) in [4.78, 5) is 44.4. The second-order valence-electron chi connectivity index (χ2n) is 11.5. The maximum absolute atomic E-state index is 15.0. The molecular weight excluding hydrogens is 703 g/mol. The third-order valence-corrected chi connectivity index (χ3v) is 9.06. The molecule has 0 saturated heterocycles. The van der Waals surface area contributed by atoms with Crippen molar-refractivity contribution >= 4 is 39.3 Å². The number of carbonyl (C=O) groups is 3. The van der Waals surface area contributed by atoms with Crippen molar-refractivity contribution in [1.82, 2.24) is 20.1 Å². The Kier molecular flexibility index (Phi) is 7.07. The van der Waals surface area contributed by atoms with Gasteiger partial charge in [0.2, 0.25) is 5.91 Å². The first kappa shape index (κ1) is 31.0. The molecule has 16 heteroatoms. The van der Waals surface area contributed by atoms with Gasteiger partial charge < -0.3 is 5.32 Å². The molecule has 2 aromatic carbocycles. The number of hydrogen-bond acceptors (Lipinski definition) is 5. The van der Waals surface area contributed by atoms with Gasteiger partial charge in [0.1, 0.15) is 23.9 Å². The summed E-state index contributed by atoms with van der Waals surface area (Å²) in [5.41, 5.74) is -2.54. The zero-order chi connectivity index (χ0) is 33.6. The van der Waals surface area contributed by atoms with Crippen molar-refractivity contribution in [2.45, 2.75) is 43.4 Å². The van der Waals surface area contributed by atoms with Crippen LogP contribution in [-0.2, 0) is 29.9 Å². The van der Waals surface area contributed by atoms with Gasteiger partial charge in [-0.25, -0.2) is 13.7 Å². The molecule has 2 aromatic heterocycles. The quantitative estimate of drug-likeness (QED) is 0.175. The van der Waals surface area contributed by atoms with Gasteiger partial charge in [-0.05, 0) is 70.6 Å². The van der Waals surface area contributed by atoms with E-state index in [-0.39, 0.29) is 45.4 Å². The van der Waals surface area contributed by atoms with E-state index in [0.29, 0.717) is 10.7 Å². The fraction of sp³-hybridized carbons (Fsp3) is 0.258. The number of nitrogens with zero attached hydrogens (tertiary/aromatic N) is 4. The predicted octanol–water partition coefficient (Wildman–Crippen LogP) is 6.45. The minimum Gasteiger partial charge on any atom is -0.346 e. The number of hydrogen-bond donors (Lipinski definition) is 1. The van der Waals surface area contributed by atoms with Gasteiger partial charge in [0, 0.05) is 22.0 Å². The van der Waals surface area contributed by atoms with Crippen LogP contribution in [0.1, 0.15) is 67.3 Å². The van der Waals surface area contributed by atoms with Crippen LogP contribution in [-0.4, -0.2) is 32.5 Å². The highest BCUT2D eigenvalue weighted by Gasteiger charge is 2.68. The summed E-state index contributed by atoms with van der Waals surface area (Å²) in [5, 5.41) is 5.87. The largest absolute Gasteiger partial charge is 0.435 e. The van der Waals surface area contributed by atoms with E-state index in [1.54, 1.807) is 12.1 Å². The van der Waals surface area contributed by atoms with Crippen LogP contribution in [0.5, 0.6) is 0 Å². The second-order valence-corrected chi connectivity index (χ2v) is 12.3. The Morgan fingerprint density at radius 3 is 2.28 bits per heavy atom. The molecule has 47 heavy (non-hydrogen) atoms. The number of imide groups is 1. The molecule has 242 valence electrons. The van der Waals surface area contributed by atoms with Gasteiger partial charge in [-0.15, -0.1) is 0 Å². The van der Waals surface area contributed by atoms with Crippen LogP contribution in [0.15, 0.2) is 59.2 Å². The molecule has 2 aliphatic carbocycles. The lowest BCUT2D eigenvalue weighted by Gasteiger charge is -2.22. The Labute approximate surface area is 268 Å². The van der Waals surface area contributed by atoms with Crippen LogP contribution in [0.2, 0.25) is 0 Å². The number of carbonyl (C=O) groups excluding carboxylic acids is 3. The molecule has 3 heterocycles. The van der Waals surface area contributed by atoms with Crippen molar-refractivity contribution in [3.05, 3.63) is 110 Å². The Bertz CT molecular complexity index is 1960. The topological polar surface area (TPSA) is 97.2 Å². The molecular formula is C31H19BrF7N5O3. The molecule has 0 spiro atoms. The lowest BCUT2D eigenvalue weighted by Crippen LogP contribution is -2.35. The van der Waals surface area contributed by atoms with E-state index in [4.69, 9.17) is 0 Å². The SMILES string of the molecule is O=C(Cn1nc(C(F)(F)F)c2c1C(F)(F)[C@@H]1C[C@H]21)N[C@@H](Cc1cc(F)cc(F)c1)c1ncc(N2C(=O)c3ccccc3C2=O)cc1Br. The number of alkyl halides is 5. The highest BCUT2D eigenvalue weighted by molar-refractivity contribution is 9.10. The number of anilines is 1. The van der Waals surface area contributed by atoms with E-state index in [9.17, 15) is 36.3 Å². The van der Waals surface area contributed by atoms with Crippen molar-refractivity contribution in [2.75, 3.05) is 4.90 Å². The summed E-state index contributed by atoms with van der Waals surface area (Å²) < 4.78 is 99.9.